The van der Waals surface area contributed by atoms with Crippen molar-refractivity contribution in [3.8, 4) is 11.3 Å². The van der Waals surface area contributed by atoms with Crippen LogP contribution >= 0.6 is 11.6 Å². The summed E-state index contributed by atoms with van der Waals surface area (Å²) < 4.78 is 1.54. The van der Waals surface area contributed by atoms with Crippen molar-refractivity contribution in [2.24, 2.45) is 0 Å². The van der Waals surface area contributed by atoms with Crippen LogP contribution in [0.2, 0.25) is 5.02 Å². The fourth-order valence-electron chi connectivity index (χ4n) is 2.04. The average Bonchev–Trinajstić information content (AvgIpc) is 2.78. The number of nitrogens with zero attached hydrogens (tertiary/aromatic N) is 2. The van der Waals surface area contributed by atoms with Crippen LogP contribution in [-0.4, -0.2) is 20.5 Å². The Morgan fingerprint density at radius 1 is 1.16 bits per heavy atom. The van der Waals surface area contributed by atoms with E-state index in [2.05, 4.69) is 4.98 Å². The van der Waals surface area contributed by atoms with Crippen molar-refractivity contribution in [2.75, 3.05) is 0 Å². The number of carboxylic acids is 1. The van der Waals surface area contributed by atoms with Crippen molar-refractivity contribution in [3.63, 3.8) is 0 Å². The van der Waals surface area contributed by atoms with E-state index in [4.69, 9.17) is 11.6 Å². The molecule has 0 fully saturated rings. The number of imidazole rings is 1. The molecule has 0 amide bonds. The lowest BCUT2D eigenvalue weighted by Crippen LogP contribution is -2.03. The van der Waals surface area contributed by atoms with Crippen LogP contribution in [0.15, 0.2) is 48.7 Å². The van der Waals surface area contributed by atoms with Gasteiger partial charge in [-0.15, -0.1) is 0 Å². The minimum Gasteiger partial charge on any atom is -0.476 e. The maximum atomic E-state index is 11.5. The van der Waals surface area contributed by atoms with Crippen LogP contribution in [0.3, 0.4) is 0 Å². The molecule has 3 aromatic rings. The van der Waals surface area contributed by atoms with Gasteiger partial charge in [0.25, 0.3) is 0 Å². The number of carbonyl (C=O) groups is 1. The molecule has 3 rings (SSSR count). The molecule has 0 bridgehead atoms. The number of pyridine rings is 1. The third-order valence-electron chi connectivity index (χ3n) is 2.86. The quantitative estimate of drug-likeness (QED) is 0.778. The van der Waals surface area contributed by atoms with E-state index in [1.165, 1.54) is 0 Å². The van der Waals surface area contributed by atoms with E-state index in [-0.39, 0.29) is 5.69 Å². The molecule has 0 spiro atoms. The van der Waals surface area contributed by atoms with Gasteiger partial charge in [0.05, 0.1) is 5.02 Å². The summed E-state index contributed by atoms with van der Waals surface area (Å²) in [6, 6.07) is 12.4. The average molecular weight is 273 g/mol. The Bertz CT molecular complexity index is 780. The summed E-state index contributed by atoms with van der Waals surface area (Å²) in [6.45, 7) is 0. The van der Waals surface area contributed by atoms with E-state index in [0.717, 1.165) is 0 Å². The van der Waals surface area contributed by atoms with E-state index in [0.29, 0.717) is 21.9 Å². The number of benzene rings is 1. The first kappa shape index (κ1) is 11.7. The summed E-state index contributed by atoms with van der Waals surface area (Å²) in [4.78, 5) is 15.8. The number of fused-ring (bicyclic) bond motifs is 1. The van der Waals surface area contributed by atoms with E-state index in [1.807, 2.05) is 6.07 Å². The predicted octanol–water partition coefficient (Wildman–Crippen LogP) is 3.35. The second kappa shape index (κ2) is 4.40. The number of hydrogen-bond acceptors (Lipinski definition) is 2. The molecule has 2 aromatic heterocycles. The van der Waals surface area contributed by atoms with Crippen LogP contribution in [0.5, 0.6) is 0 Å². The van der Waals surface area contributed by atoms with Gasteiger partial charge in [0.2, 0.25) is 0 Å². The standard InChI is InChI=1S/C14H9ClN2O2/c15-10-6-2-1-5-9(10)12-13(14(18)19)17-8-4-3-7-11(17)16-12/h1-8H,(H,18,19). The van der Waals surface area contributed by atoms with Crippen molar-refractivity contribution >= 4 is 23.2 Å². The van der Waals surface area contributed by atoms with Gasteiger partial charge in [-0.3, -0.25) is 4.40 Å². The number of aromatic nitrogens is 2. The van der Waals surface area contributed by atoms with Gasteiger partial charge in [0.1, 0.15) is 11.3 Å². The molecule has 1 N–H and O–H groups in total. The van der Waals surface area contributed by atoms with Crippen molar-refractivity contribution < 1.29 is 9.90 Å². The van der Waals surface area contributed by atoms with Crippen molar-refractivity contribution in [2.45, 2.75) is 0 Å². The minimum atomic E-state index is -1.03. The van der Waals surface area contributed by atoms with Gasteiger partial charge in [0, 0.05) is 11.8 Å². The smallest absolute Gasteiger partial charge is 0.355 e. The highest BCUT2D eigenvalue weighted by Gasteiger charge is 2.20. The lowest BCUT2D eigenvalue weighted by Gasteiger charge is -2.02. The molecule has 0 saturated carbocycles. The minimum absolute atomic E-state index is 0.115. The molecular weight excluding hydrogens is 264 g/mol. The third kappa shape index (κ3) is 1.86. The Hall–Kier alpha value is -2.33. The molecule has 0 radical (unpaired) electrons. The summed E-state index contributed by atoms with van der Waals surface area (Å²) in [5.41, 5.74) is 1.69. The third-order valence-corrected chi connectivity index (χ3v) is 3.19. The van der Waals surface area contributed by atoms with Crippen molar-refractivity contribution in [1.29, 1.82) is 0 Å². The molecule has 94 valence electrons. The largest absolute Gasteiger partial charge is 0.476 e. The molecule has 2 heterocycles. The maximum absolute atomic E-state index is 11.5. The molecule has 0 aliphatic heterocycles. The van der Waals surface area contributed by atoms with Crippen molar-refractivity contribution in [1.82, 2.24) is 9.38 Å². The van der Waals surface area contributed by atoms with Crippen molar-refractivity contribution in [3.05, 3.63) is 59.4 Å². The Morgan fingerprint density at radius 3 is 2.63 bits per heavy atom. The van der Waals surface area contributed by atoms with E-state index >= 15 is 0 Å². The summed E-state index contributed by atoms with van der Waals surface area (Å²) >= 11 is 6.12. The van der Waals surface area contributed by atoms with Crippen LogP contribution in [0, 0.1) is 0 Å². The lowest BCUT2D eigenvalue weighted by molar-refractivity contribution is 0.0690. The molecular formula is C14H9ClN2O2. The Kier molecular flexibility index (Phi) is 2.72. The van der Waals surface area contributed by atoms with Gasteiger partial charge in [0.15, 0.2) is 5.69 Å². The number of hydrogen-bond donors (Lipinski definition) is 1. The van der Waals surface area contributed by atoms with Gasteiger partial charge in [-0.25, -0.2) is 9.78 Å². The molecule has 19 heavy (non-hydrogen) atoms. The fraction of sp³-hybridized carbons (Fsp3) is 0. The molecule has 5 heteroatoms. The Balaban J connectivity index is 2.38. The summed E-state index contributed by atoms with van der Waals surface area (Å²) in [5, 5.41) is 9.88. The second-order valence-corrected chi connectivity index (χ2v) is 4.43. The van der Waals surface area contributed by atoms with E-state index in [1.54, 1.807) is 47.0 Å². The zero-order valence-electron chi connectivity index (χ0n) is 9.75. The Labute approximate surface area is 113 Å². The zero-order chi connectivity index (χ0) is 13.4. The van der Waals surface area contributed by atoms with E-state index in [9.17, 15) is 9.90 Å². The number of carboxylic acid groups (broad SMARTS) is 1. The summed E-state index contributed by atoms with van der Waals surface area (Å²) in [5.74, 6) is -1.03. The highest BCUT2D eigenvalue weighted by Crippen LogP contribution is 2.30. The predicted molar refractivity (Wildman–Crippen MR) is 72.6 cm³/mol. The number of rotatable bonds is 2. The fourth-order valence-corrected chi connectivity index (χ4v) is 2.27. The Morgan fingerprint density at radius 2 is 1.89 bits per heavy atom. The molecule has 1 aromatic carbocycles. The van der Waals surface area contributed by atoms with Crippen LogP contribution in [0.4, 0.5) is 0 Å². The van der Waals surface area contributed by atoms with Gasteiger partial charge >= 0.3 is 5.97 Å². The van der Waals surface area contributed by atoms with Crippen LogP contribution < -0.4 is 0 Å². The zero-order valence-corrected chi connectivity index (χ0v) is 10.5. The van der Waals surface area contributed by atoms with E-state index < -0.39 is 5.97 Å². The number of aromatic carboxylic acids is 1. The van der Waals surface area contributed by atoms with Crippen LogP contribution in [0.25, 0.3) is 16.9 Å². The topological polar surface area (TPSA) is 54.6 Å². The lowest BCUT2D eigenvalue weighted by atomic mass is 10.1. The highest BCUT2D eigenvalue weighted by atomic mass is 35.5. The van der Waals surface area contributed by atoms with Crippen LogP contribution in [0.1, 0.15) is 10.5 Å². The normalized spacial score (nSPS) is 10.8. The summed E-state index contributed by atoms with van der Waals surface area (Å²) in [6.07, 6.45) is 1.67. The van der Waals surface area contributed by atoms with Gasteiger partial charge in [-0.05, 0) is 18.2 Å². The second-order valence-electron chi connectivity index (χ2n) is 4.02. The number of halogens is 1. The van der Waals surface area contributed by atoms with Crippen LogP contribution in [-0.2, 0) is 0 Å². The molecule has 4 nitrogen and oxygen atoms in total. The molecule has 0 saturated heterocycles. The molecule has 0 unspecified atom stereocenters. The maximum Gasteiger partial charge on any atom is 0.355 e. The first-order valence-corrected chi connectivity index (χ1v) is 6.01. The summed E-state index contributed by atoms with van der Waals surface area (Å²) in [7, 11) is 0. The monoisotopic (exact) mass is 272 g/mol. The molecule has 0 aliphatic carbocycles. The SMILES string of the molecule is O=C(O)c1c(-c2ccccc2Cl)nc2ccccn12. The van der Waals surface area contributed by atoms with Gasteiger partial charge in [-0.1, -0.05) is 35.9 Å². The first-order chi connectivity index (χ1) is 9.18. The van der Waals surface area contributed by atoms with Gasteiger partial charge < -0.3 is 5.11 Å². The first-order valence-electron chi connectivity index (χ1n) is 5.64. The highest BCUT2D eigenvalue weighted by molar-refractivity contribution is 6.33. The molecule has 0 atom stereocenters. The van der Waals surface area contributed by atoms with Gasteiger partial charge in [-0.2, -0.15) is 0 Å². The molecule has 0 aliphatic rings.